The first kappa shape index (κ1) is 12.7. The van der Waals surface area contributed by atoms with Crippen molar-refractivity contribution < 1.29 is 4.74 Å². The minimum atomic E-state index is 0.409. The van der Waals surface area contributed by atoms with E-state index in [9.17, 15) is 0 Å². The molecule has 2 rings (SSSR count). The van der Waals surface area contributed by atoms with Gasteiger partial charge < -0.3 is 10.5 Å². The van der Waals surface area contributed by atoms with E-state index in [1.807, 2.05) is 0 Å². The first-order valence-electron chi connectivity index (χ1n) is 6.65. The van der Waals surface area contributed by atoms with Gasteiger partial charge in [-0.3, -0.25) is 0 Å². The van der Waals surface area contributed by atoms with Gasteiger partial charge in [-0.2, -0.15) is 11.8 Å². The fourth-order valence-electron chi connectivity index (χ4n) is 3.16. The third-order valence-corrected chi connectivity index (χ3v) is 5.93. The zero-order valence-electron chi connectivity index (χ0n) is 10.5. The molecule has 4 unspecified atom stereocenters. The summed E-state index contributed by atoms with van der Waals surface area (Å²) < 4.78 is 5.42. The van der Waals surface area contributed by atoms with Crippen LogP contribution in [0.25, 0.3) is 0 Å². The summed E-state index contributed by atoms with van der Waals surface area (Å²) in [7, 11) is 0. The lowest BCUT2D eigenvalue weighted by Gasteiger charge is -2.39. The maximum atomic E-state index is 6.32. The maximum absolute atomic E-state index is 6.32. The minimum Gasteiger partial charge on any atom is -0.381 e. The van der Waals surface area contributed by atoms with Gasteiger partial charge in [0.1, 0.15) is 0 Å². The molecule has 1 saturated heterocycles. The minimum absolute atomic E-state index is 0.409. The van der Waals surface area contributed by atoms with Crippen molar-refractivity contribution in [3.05, 3.63) is 0 Å². The molecule has 1 heterocycles. The van der Waals surface area contributed by atoms with E-state index >= 15 is 0 Å². The summed E-state index contributed by atoms with van der Waals surface area (Å²) in [6.07, 6.45) is 5.01. The summed E-state index contributed by atoms with van der Waals surface area (Å²) in [5.74, 6) is 1.60. The fourth-order valence-corrected chi connectivity index (χ4v) is 4.76. The molecule has 2 N–H and O–H groups in total. The summed E-state index contributed by atoms with van der Waals surface area (Å²) in [5, 5.41) is 1.47. The second-order valence-corrected chi connectivity index (χ2v) is 7.11. The smallest absolute Gasteiger partial charge is 0.0476 e. The van der Waals surface area contributed by atoms with Crippen LogP contribution in [0.2, 0.25) is 0 Å². The Morgan fingerprint density at radius 1 is 1.12 bits per heavy atom. The van der Waals surface area contributed by atoms with Crippen LogP contribution in [0.5, 0.6) is 0 Å². The van der Waals surface area contributed by atoms with E-state index in [4.69, 9.17) is 10.5 Å². The first-order chi connectivity index (χ1) is 7.66. The Balaban J connectivity index is 1.86. The van der Waals surface area contributed by atoms with E-state index in [1.165, 1.54) is 25.7 Å². The van der Waals surface area contributed by atoms with Crippen molar-refractivity contribution in [3.63, 3.8) is 0 Å². The average Bonchev–Trinajstić information content (AvgIpc) is 2.25. The van der Waals surface area contributed by atoms with Gasteiger partial charge >= 0.3 is 0 Å². The predicted octanol–water partition coefficient (Wildman–Crippen LogP) is 2.66. The van der Waals surface area contributed by atoms with Gasteiger partial charge in [-0.25, -0.2) is 0 Å². The molecule has 0 aromatic heterocycles. The monoisotopic (exact) mass is 243 g/mol. The normalized spacial score (nSPS) is 42.2. The number of nitrogens with two attached hydrogens (primary N) is 1. The van der Waals surface area contributed by atoms with Gasteiger partial charge in [-0.05, 0) is 37.5 Å². The molecule has 1 saturated carbocycles. The Bertz CT molecular complexity index is 206. The predicted molar refractivity (Wildman–Crippen MR) is 70.8 cm³/mol. The van der Waals surface area contributed by atoms with Crippen LogP contribution in [-0.2, 0) is 4.74 Å². The standard InChI is InChI=1S/C13H25NOS/c1-9-7-10(2)13(12(14)8-9)16-11-3-5-15-6-4-11/h9-13H,3-8,14H2,1-2H3. The molecule has 0 aromatic carbocycles. The lowest BCUT2D eigenvalue weighted by Crippen LogP contribution is -2.44. The second-order valence-electron chi connectivity index (χ2n) is 5.63. The van der Waals surface area contributed by atoms with Crippen LogP contribution < -0.4 is 5.73 Å². The largest absolute Gasteiger partial charge is 0.381 e. The van der Waals surface area contributed by atoms with Crippen molar-refractivity contribution in [2.24, 2.45) is 17.6 Å². The zero-order chi connectivity index (χ0) is 11.5. The fraction of sp³-hybridized carbons (Fsp3) is 1.00. The van der Waals surface area contributed by atoms with Crippen molar-refractivity contribution in [1.82, 2.24) is 0 Å². The van der Waals surface area contributed by atoms with Gasteiger partial charge in [0, 0.05) is 29.8 Å². The summed E-state index contributed by atoms with van der Waals surface area (Å²) in [6.45, 7) is 6.62. The summed E-state index contributed by atoms with van der Waals surface area (Å²) in [5.41, 5.74) is 6.32. The number of hydrogen-bond donors (Lipinski definition) is 1. The Labute approximate surface area is 104 Å². The van der Waals surface area contributed by atoms with Gasteiger partial charge in [0.25, 0.3) is 0 Å². The van der Waals surface area contributed by atoms with E-state index in [1.54, 1.807) is 0 Å². The highest BCUT2D eigenvalue weighted by molar-refractivity contribution is 8.00. The molecule has 1 aliphatic heterocycles. The Kier molecular flexibility index (Phi) is 4.57. The van der Waals surface area contributed by atoms with Gasteiger partial charge in [0.05, 0.1) is 0 Å². The van der Waals surface area contributed by atoms with Crippen molar-refractivity contribution in [1.29, 1.82) is 0 Å². The second kappa shape index (κ2) is 5.74. The van der Waals surface area contributed by atoms with E-state index in [-0.39, 0.29) is 0 Å². The van der Waals surface area contributed by atoms with Crippen LogP contribution >= 0.6 is 11.8 Å². The average molecular weight is 243 g/mol. The molecule has 0 spiro atoms. The van der Waals surface area contributed by atoms with Crippen LogP contribution in [0, 0.1) is 11.8 Å². The number of ether oxygens (including phenoxy) is 1. The van der Waals surface area contributed by atoms with Crippen LogP contribution in [0.15, 0.2) is 0 Å². The molecule has 3 heteroatoms. The topological polar surface area (TPSA) is 35.2 Å². The lowest BCUT2D eigenvalue weighted by molar-refractivity contribution is 0.0997. The molecule has 1 aliphatic carbocycles. The highest BCUT2D eigenvalue weighted by Crippen LogP contribution is 2.39. The van der Waals surface area contributed by atoms with E-state index in [0.717, 1.165) is 30.3 Å². The number of hydrogen-bond acceptors (Lipinski definition) is 3. The molecule has 0 radical (unpaired) electrons. The molecule has 0 amide bonds. The van der Waals surface area contributed by atoms with Crippen molar-refractivity contribution in [2.45, 2.75) is 56.1 Å². The summed E-state index contributed by atoms with van der Waals surface area (Å²) >= 11 is 2.15. The molecule has 0 bridgehead atoms. The van der Waals surface area contributed by atoms with Crippen LogP contribution in [0.3, 0.4) is 0 Å². The molecular formula is C13H25NOS. The zero-order valence-corrected chi connectivity index (χ0v) is 11.3. The van der Waals surface area contributed by atoms with Gasteiger partial charge in [0.15, 0.2) is 0 Å². The maximum Gasteiger partial charge on any atom is 0.0476 e. The van der Waals surface area contributed by atoms with Gasteiger partial charge in [0.2, 0.25) is 0 Å². The van der Waals surface area contributed by atoms with Crippen molar-refractivity contribution in [3.8, 4) is 0 Å². The Hall–Kier alpha value is 0.270. The Morgan fingerprint density at radius 2 is 1.81 bits per heavy atom. The molecule has 0 aromatic rings. The first-order valence-corrected chi connectivity index (χ1v) is 7.60. The Morgan fingerprint density at radius 3 is 2.44 bits per heavy atom. The third-order valence-electron chi connectivity index (χ3n) is 3.95. The molecule has 16 heavy (non-hydrogen) atoms. The summed E-state index contributed by atoms with van der Waals surface area (Å²) in [6, 6.07) is 0.409. The third kappa shape index (κ3) is 3.14. The quantitative estimate of drug-likeness (QED) is 0.810. The molecule has 2 fully saturated rings. The molecule has 2 nitrogen and oxygen atoms in total. The number of rotatable bonds is 2. The highest BCUT2D eigenvalue weighted by atomic mass is 32.2. The molecule has 2 aliphatic rings. The van der Waals surface area contributed by atoms with E-state index < -0.39 is 0 Å². The molecule has 4 atom stereocenters. The molecular weight excluding hydrogens is 218 g/mol. The molecule has 94 valence electrons. The van der Waals surface area contributed by atoms with Crippen molar-refractivity contribution in [2.75, 3.05) is 13.2 Å². The number of thioether (sulfide) groups is 1. The van der Waals surface area contributed by atoms with E-state index in [0.29, 0.717) is 11.3 Å². The van der Waals surface area contributed by atoms with Crippen LogP contribution in [-0.4, -0.2) is 29.8 Å². The van der Waals surface area contributed by atoms with E-state index in [2.05, 4.69) is 25.6 Å². The van der Waals surface area contributed by atoms with Crippen molar-refractivity contribution >= 4 is 11.8 Å². The van der Waals surface area contributed by atoms with Crippen LogP contribution in [0.1, 0.15) is 39.5 Å². The summed E-state index contributed by atoms with van der Waals surface area (Å²) in [4.78, 5) is 0. The van der Waals surface area contributed by atoms with Gasteiger partial charge in [-0.1, -0.05) is 13.8 Å². The highest BCUT2D eigenvalue weighted by Gasteiger charge is 2.34. The van der Waals surface area contributed by atoms with Gasteiger partial charge in [-0.15, -0.1) is 0 Å². The lowest BCUT2D eigenvalue weighted by atomic mass is 9.80. The van der Waals surface area contributed by atoms with Crippen LogP contribution in [0.4, 0.5) is 0 Å². The SMILES string of the molecule is CC1CC(C)C(SC2CCOCC2)C(N)C1.